The SMILES string of the molecule is O[C@@]1(c2ccc(Cl)cc2)CCN(CP)C[C@H]1OCc1ccc(Cl)c(Cl)c1.O[C@@]1(c2ccc(Cl)cc2)CCNC[C@H]1OCc1ccc(Cl)c(Cl)c1. The highest BCUT2D eigenvalue weighted by molar-refractivity contribution is 7.16. The largest absolute Gasteiger partial charge is 0.382 e. The number of nitrogens with one attached hydrogen (secondary N) is 1. The van der Waals surface area contributed by atoms with Gasteiger partial charge in [-0.25, -0.2) is 0 Å². The van der Waals surface area contributed by atoms with Crippen LogP contribution >= 0.6 is 78.8 Å². The van der Waals surface area contributed by atoms with E-state index in [0.29, 0.717) is 69.3 Å². The molecule has 0 aliphatic carbocycles. The number of hydrogen-bond acceptors (Lipinski definition) is 6. The van der Waals surface area contributed by atoms with Crippen molar-refractivity contribution in [2.24, 2.45) is 0 Å². The van der Waals surface area contributed by atoms with Crippen molar-refractivity contribution in [1.82, 2.24) is 10.2 Å². The predicted octanol–water partition coefficient (Wildman–Crippen LogP) is 9.37. The number of halogens is 6. The van der Waals surface area contributed by atoms with Crippen LogP contribution in [0.25, 0.3) is 0 Å². The summed E-state index contributed by atoms with van der Waals surface area (Å²) in [5.41, 5.74) is 1.36. The Labute approximate surface area is 326 Å². The molecule has 6 nitrogen and oxygen atoms in total. The van der Waals surface area contributed by atoms with Crippen molar-refractivity contribution in [3.63, 3.8) is 0 Å². The third-order valence-corrected chi connectivity index (χ3v) is 11.6. The van der Waals surface area contributed by atoms with Gasteiger partial charge in [0, 0.05) is 36.0 Å². The Balaban J connectivity index is 0.000000195. The summed E-state index contributed by atoms with van der Waals surface area (Å²) in [6.07, 6.45) is 1.26. The molecule has 4 aromatic rings. The molecule has 5 atom stereocenters. The molecular formula is C37H39Cl6N2O4P. The molecule has 2 heterocycles. The van der Waals surface area contributed by atoms with Crippen molar-refractivity contribution in [2.45, 2.75) is 49.5 Å². The average Bonchev–Trinajstić information content (AvgIpc) is 3.11. The van der Waals surface area contributed by atoms with E-state index in [0.717, 1.165) is 41.6 Å². The van der Waals surface area contributed by atoms with Gasteiger partial charge in [-0.1, -0.05) is 106 Å². The van der Waals surface area contributed by atoms with Crippen LogP contribution in [-0.2, 0) is 33.9 Å². The summed E-state index contributed by atoms with van der Waals surface area (Å²) in [4.78, 5) is 2.24. The molecule has 0 radical (unpaired) electrons. The van der Waals surface area contributed by atoms with Gasteiger partial charge in [0.25, 0.3) is 0 Å². The average molecular weight is 819 g/mol. The number of nitrogens with zero attached hydrogens (tertiary/aromatic N) is 1. The molecule has 2 fully saturated rings. The fraction of sp³-hybridized carbons (Fsp3) is 0.351. The molecule has 13 heteroatoms. The summed E-state index contributed by atoms with van der Waals surface area (Å²) in [5, 5.41) is 29.2. The van der Waals surface area contributed by atoms with Crippen LogP contribution in [-0.4, -0.2) is 59.8 Å². The molecule has 268 valence electrons. The third-order valence-electron chi connectivity index (χ3n) is 9.13. The van der Waals surface area contributed by atoms with Gasteiger partial charge >= 0.3 is 0 Å². The van der Waals surface area contributed by atoms with E-state index >= 15 is 0 Å². The molecule has 2 aliphatic heterocycles. The van der Waals surface area contributed by atoms with E-state index in [1.54, 1.807) is 48.5 Å². The summed E-state index contributed by atoms with van der Waals surface area (Å²) < 4.78 is 12.2. The van der Waals surface area contributed by atoms with E-state index in [-0.39, 0.29) is 12.2 Å². The van der Waals surface area contributed by atoms with E-state index in [2.05, 4.69) is 19.5 Å². The monoisotopic (exact) mass is 816 g/mol. The molecule has 3 N–H and O–H groups in total. The maximum Gasteiger partial charge on any atom is 0.118 e. The van der Waals surface area contributed by atoms with Crippen LogP contribution < -0.4 is 5.32 Å². The van der Waals surface area contributed by atoms with Crippen LogP contribution in [0.1, 0.15) is 35.1 Å². The topological polar surface area (TPSA) is 74.2 Å². The summed E-state index contributed by atoms with van der Waals surface area (Å²) >= 11 is 36.0. The smallest absolute Gasteiger partial charge is 0.118 e. The van der Waals surface area contributed by atoms with Crippen molar-refractivity contribution in [2.75, 3.05) is 32.5 Å². The van der Waals surface area contributed by atoms with Crippen molar-refractivity contribution in [1.29, 1.82) is 0 Å². The van der Waals surface area contributed by atoms with Crippen LogP contribution in [0.15, 0.2) is 84.9 Å². The minimum Gasteiger partial charge on any atom is -0.382 e. The van der Waals surface area contributed by atoms with Crippen LogP contribution in [0.3, 0.4) is 0 Å². The lowest BCUT2D eigenvalue weighted by molar-refractivity contribution is -0.154. The van der Waals surface area contributed by atoms with Crippen LogP contribution in [0, 0.1) is 0 Å². The van der Waals surface area contributed by atoms with Crippen molar-refractivity contribution < 1.29 is 19.7 Å². The van der Waals surface area contributed by atoms with Gasteiger partial charge < -0.3 is 25.0 Å². The van der Waals surface area contributed by atoms with Crippen molar-refractivity contribution in [3.05, 3.63) is 137 Å². The van der Waals surface area contributed by atoms with E-state index in [9.17, 15) is 10.2 Å². The van der Waals surface area contributed by atoms with E-state index < -0.39 is 11.2 Å². The van der Waals surface area contributed by atoms with Gasteiger partial charge in [-0.15, -0.1) is 9.24 Å². The standard InChI is InChI=1S/C19H21Cl3NO2P.C18H18Cl3NO2/c20-15-4-2-14(3-5-15)19(24)7-8-23(12-26)10-18(19)25-11-13-1-6-16(21)17(22)9-13;19-14-4-2-13(3-5-14)18(23)7-8-22-10-17(18)24-11-12-1-6-15(20)16(21)9-12/h1-6,9,18,24H,7-8,10-12,26H2;1-6,9,17,22-23H,7-8,10-11H2/t18-,19-;17-,18-/m11/s1. The Morgan fingerprint density at radius 2 is 1.14 bits per heavy atom. The molecule has 2 aliphatic rings. The number of aliphatic hydroxyl groups is 2. The Morgan fingerprint density at radius 3 is 1.62 bits per heavy atom. The first-order chi connectivity index (χ1) is 23.9. The minimum absolute atomic E-state index is 0.346. The molecule has 0 amide bonds. The van der Waals surface area contributed by atoms with E-state index in [4.69, 9.17) is 79.1 Å². The van der Waals surface area contributed by atoms with E-state index in [1.807, 2.05) is 36.4 Å². The number of rotatable bonds is 9. The number of benzene rings is 4. The maximum atomic E-state index is 11.4. The van der Waals surface area contributed by atoms with Gasteiger partial charge in [0.1, 0.15) is 23.4 Å². The Morgan fingerprint density at radius 1 is 0.660 bits per heavy atom. The fourth-order valence-electron chi connectivity index (χ4n) is 6.15. The number of ether oxygens (including phenoxy) is 2. The first-order valence-electron chi connectivity index (χ1n) is 16.1. The minimum atomic E-state index is -1.06. The zero-order chi connectivity index (χ0) is 35.9. The summed E-state index contributed by atoms with van der Waals surface area (Å²) in [5.74, 6) is 0. The van der Waals surface area contributed by atoms with Gasteiger partial charge in [0.15, 0.2) is 0 Å². The molecule has 50 heavy (non-hydrogen) atoms. The molecule has 1 unspecified atom stereocenters. The lowest BCUT2D eigenvalue weighted by atomic mass is 9.82. The van der Waals surface area contributed by atoms with Crippen LogP contribution in [0.5, 0.6) is 0 Å². The Kier molecular flexibility index (Phi) is 14.6. The Bertz CT molecular complexity index is 1720. The molecule has 4 aromatic carbocycles. The highest BCUT2D eigenvalue weighted by Crippen LogP contribution is 2.37. The predicted molar refractivity (Wildman–Crippen MR) is 209 cm³/mol. The van der Waals surface area contributed by atoms with Gasteiger partial charge in [0.05, 0.1) is 33.3 Å². The lowest BCUT2D eigenvalue weighted by Gasteiger charge is -2.44. The molecule has 0 spiro atoms. The molecule has 0 bridgehead atoms. The second-order valence-electron chi connectivity index (χ2n) is 12.4. The van der Waals surface area contributed by atoms with Gasteiger partial charge in [0.2, 0.25) is 0 Å². The first kappa shape index (κ1) is 40.0. The van der Waals surface area contributed by atoms with Crippen molar-refractivity contribution >= 4 is 78.8 Å². The summed E-state index contributed by atoms with van der Waals surface area (Å²) in [6, 6.07) is 25.4. The second kappa shape index (κ2) is 18.2. The van der Waals surface area contributed by atoms with Crippen molar-refractivity contribution in [3.8, 4) is 0 Å². The third kappa shape index (κ3) is 10.1. The molecule has 6 rings (SSSR count). The Hall–Kier alpha value is -1.19. The number of likely N-dealkylation sites (tertiary alicyclic amines) is 1. The van der Waals surface area contributed by atoms with E-state index in [1.165, 1.54) is 0 Å². The molecular weight excluding hydrogens is 780 g/mol. The number of hydrogen-bond donors (Lipinski definition) is 3. The second-order valence-corrected chi connectivity index (χ2v) is 15.3. The van der Waals surface area contributed by atoms with Crippen LogP contribution in [0.2, 0.25) is 30.1 Å². The zero-order valence-corrected chi connectivity index (χ0v) is 32.8. The lowest BCUT2D eigenvalue weighted by Crippen LogP contribution is -2.54. The van der Waals surface area contributed by atoms with Crippen LogP contribution in [0.4, 0.5) is 0 Å². The van der Waals surface area contributed by atoms with Gasteiger partial charge in [-0.05, 0) is 90.2 Å². The first-order valence-corrected chi connectivity index (χ1v) is 19.2. The van der Waals surface area contributed by atoms with Gasteiger partial charge in [-0.2, -0.15) is 0 Å². The van der Waals surface area contributed by atoms with Gasteiger partial charge in [-0.3, -0.25) is 4.90 Å². The molecule has 2 saturated heterocycles. The highest BCUT2D eigenvalue weighted by Gasteiger charge is 2.44. The zero-order valence-electron chi connectivity index (χ0n) is 27.1. The highest BCUT2D eigenvalue weighted by atomic mass is 35.5. The quantitative estimate of drug-likeness (QED) is 0.146. The summed E-state index contributed by atoms with van der Waals surface area (Å²) in [6.45, 7) is 3.44. The summed E-state index contributed by atoms with van der Waals surface area (Å²) in [7, 11) is 2.73. The fourth-order valence-corrected chi connectivity index (χ4v) is 7.38. The molecule has 0 saturated carbocycles. The molecule has 0 aromatic heterocycles. The maximum absolute atomic E-state index is 11.4. The number of piperidine rings is 2. The normalized spacial score (nSPS) is 24.0.